The van der Waals surface area contributed by atoms with E-state index < -0.39 is 17.8 Å². The molecule has 1 heterocycles. The summed E-state index contributed by atoms with van der Waals surface area (Å²) in [5.74, 6) is 4.59. The molecule has 1 saturated heterocycles. The normalized spacial score (nSPS) is 14.0. The van der Waals surface area contributed by atoms with E-state index in [0.29, 0.717) is 0 Å². The van der Waals surface area contributed by atoms with Gasteiger partial charge in [0.2, 0.25) is 11.8 Å². The van der Waals surface area contributed by atoms with E-state index in [1.54, 1.807) is 0 Å². The van der Waals surface area contributed by atoms with E-state index in [-0.39, 0.29) is 56.6 Å². The lowest BCUT2D eigenvalue weighted by Gasteiger charge is -2.26. The molecule has 0 spiro atoms. The van der Waals surface area contributed by atoms with Gasteiger partial charge >= 0.3 is 12.2 Å². The Bertz CT molecular complexity index is 799. The van der Waals surface area contributed by atoms with Crippen LogP contribution in [0.25, 0.3) is 0 Å². The molecule has 0 radical (unpaired) electrons. The average Bonchev–Trinajstić information content (AvgIpc) is 2.63. The molecule has 0 bridgehead atoms. The molecule has 0 unspecified atom stereocenters. The van der Waals surface area contributed by atoms with Gasteiger partial charge in [-0.25, -0.2) is 4.79 Å². The number of imide groups is 1. The van der Waals surface area contributed by atoms with E-state index in [4.69, 9.17) is 4.74 Å². The number of amides is 4. The van der Waals surface area contributed by atoms with Gasteiger partial charge in [0.25, 0.3) is 0 Å². The molecule has 2 N–H and O–H groups in total. The van der Waals surface area contributed by atoms with Crippen molar-refractivity contribution in [3.63, 3.8) is 0 Å². The van der Waals surface area contributed by atoms with Gasteiger partial charge in [0.15, 0.2) is 0 Å². The van der Waals surface area contributed by atoms with Crippen LogP contribution in [0.1, 0.15) is 18.4 Å². The van der Waals surface area contributed by atoms with Crippen molar-refractivity contribution in [3.05, 3.63) is 29.8 Å². The second kappa shape index (κ2) is 9.64. The van der Waals surface area contributed by atoms with Gasteiger partial charge in [-0.15, -0.1) is 0 Å². The zero-order valence-corrected chi connectivity index (χ0v) is 14.8. The van der Waals surface area contributed by atoms with Crippen molar-refractivity contribution >= 4 is 17.8 Å². The fourth-order valence-corrected chi connectivity index (χ4v) is 2.28. The first-order chi connectivity index (χ1) is 13.3. The van der Waals surface area contributed by atoms with E-state index in [9.17, 15) is 27.6 Å². The fourth-order valence-electron chi connectivity index (χ4n) is 2.28. The van der Waals surface area contributed by atoms with Crippen LogP contribution in [-0.4, -0.2) is 49.0 Å². The van der Waals surface area contributed by atoms with Gasteiger partial charge in [0.1, 0.15) is 12.4 Å². The van der Waals surface area contributed by atoms with Crippen molar-refractivity contribution < 1.29 is 32.3 Å². The van der Waals surface area contributed by atoms with E-state index in [1.807, 2.05) is 0 Å². The van der Waals surface area contributed by atoms with Crippen molar-refractivity contribution in [2.75, 3.05) is 26.2 Å². The zero-order chi connectivity index (χ0) is 20.6. The summed E-state index contributed by atoms with van der Waals surface area (Å²) in [5, 5.41) is 4.69. The Hall–Kier alpha value is -3.22. The van der Waals surface area contributed by atoms with Gasteiger partial charge in [0.05, 0.1) is 12.1 Å². The minimum Gasteiger partial charge on any atom is -0.481 e. The lowest BCUT2D eigenvalue weighted by Crippen LogP contribution is -2.50. The first-order valence-electron chi connectivity index (χ1n) is 8.37. The number of alkyl halides is 3. The van der Waals surface area contributed by atoms with Crippen molar-refractivity contribution in [2.24, 2.45) is 0 Å². The number of nitrogens with zero attached hydrogens (tertiary/aromatic N) is 1. The third-order valence-electron chi connectivity index (χ3n) is 3.72. The summed E-state index contributed by atoms with van der Waals surface area (Å²) < 4.78 is 42.9. The summed E-state index contributed by atoms with van der Waals surface area (Å²) in [6, 6.07) is 3.94. The largest absolute Gasteiger partial charge is 0.481 e. The van der Waals surface area contributed by atoms with Crippen LogP contribution in [-0.2, 0) is 15.8 Å². The Balaban J connectivity index is 1.65. The molecule has 0 aromatic heterocycles. The number of hydrogen-bond acceptors (Lipinski definition) is 4. The smallest absolute Gasteiger partial charge is 0.416 e. The monoisotopic (exact) mass is 397 g/mol. The van der Waals surface area contributed by atoms with Gasteiger partial charge in [-0.2, -0.15) is 13.2 Å². The molecule has 4 amide bonds. The number of rotatable bonds is 6. The SMILES string of the molecule is O=C(CCN1CCC(=O)NC1=O)NCC#CCOc1cccc(C(F)(F)F)c1. The van der Waals surface area contributed by atoms with E-state index in [1.165, 1.54) is 17.0 Å². The van der Waals surface area contributed by atoms with E-state index in [2.05, 4.69) is 22.5 Å². The minimum atomic E-state index is -4.44. The van der Waals surface area contributed by atoms with Gasteiger partial charge in [-0.05, 0) is 18.2 Å². The molecule has 1 aromatic carbocycles. The molecule has 1 aromatic rings. The van der Waals surface area contributed by atoms with Crippen LogP contribution >= 0.6 is 0 Å². The van der Waals surface area contributed by atoms with Crippen LogP contribution < -0.4 is 15.4 Å². The molecule has 150 valence electrons. The van der Waals surface area contributed by atoms with Gasteiger partial charge < -0.3 is 15.0 Å². The topological polar surface area (TPSA) is 87.7 Å². The standard InChI is InChI=1S/C18H18F3N3O4/c19-18(20,21)13-4-3-5-14(12-13)28-11-2-1-8-22-15(25)6-9-24-10-7-16(26)23-17(24)27/h3-5,12H,6-11H2,(H,22,25)(H,23,26,27). The number of ether oxygens (including phenoxy) is 1. The number of benzene rings is 1. The Morgan fingerprint density at radius 1 is 1.29 bits per heavy atom. The molecule has 0 atom stereocenters. The molecule has 10 heteroatoms. The van der Waals surface area contributed by atoms with Gasteiger partial charge in [-0.1, -0.05) is 17.9 Å². The van der Waals surface area contributed by atoms with Crippen LogP contribution in [0.2, 0.25) is 0 Å². The van der Waals surface area contributed by atoms with Gasteiger partial charge in [0, 0.05) is 25.9 Å². The molecule has 0 aliphatic carbocycles. The first kappa shape index (κ1) is 21.1. The second-order valence-corrected chi connectivity index (χ2v) is 5.78. The summed E-state index contributed by atoms with van der Waals surface area (Å²) in [6.45, 7) is 0.357. The van der Waals surface area contributed by atoms with Gasteiger partial charge in [-0.3, -0.25) is 14.9 Å². The Morgan fingerprint density at radius 3 is 2.79 bits per heavy atom. The van der Waals surface area contributed by atoms with Crippen molar-refractivity contribution in [3.8, 4) is 17.6 Å². The molecule has 1 aliphatic rings. The number of urea groups is 1. The summed E-state index contributed by atoms with van der Waals surface area (Å²) in [7, 11) is 0. The summed E-state index contributed by atoms with van der Waals surface area (Å²) in [6.07, 6.45) is -4.19. The van der Waals surface area contributed by atoms with Crippen LogP contribution in [0.3, 0.4) is 0 Å². The molecular formula is C18H18F3N3O4. The summed E-state index contributed by atoms with van der Waals surface area (Å²) >= 11 is 0. The number of nitrogens with one attached hydrogen (secondary N) is 2. The molecule has 28 heavy (non-hydrogen) atoms. The zero-order valence-electron chi connectivity index (χ0n) is 14.8. The van der Waals surface area contributed by atoms with Crippen molar-refractivity contribution in [1.29, 1.82) is 0 Å². The molecule has 2 rings (SSSR count). The number of hydrogen-bond donors (Lipinski definition) is 2. The minimum absolute atomic E-state index is 0.0372. The second-order valence-electron chi connectivity index (χ2n) is 5.78. The third kappa shape index (κ3) is 6.83. The van der Waals surface area contributed by atoms with E-state index in [0.717, 1.165) is 12.1 Å². The highest BCUT2D eigenvalue weighted by molar-refractivity contribution is 5.96. The molecule has 1 aliphatic heterocycles. The highest BCUT2D eigenvalue weighted by Crippen LogP contribution is 2.31. The summed E-state index contributed by atoms with van der Waals surface area (Å²) in [5.41, 5.74) is -0.808. The first-order valence-corrected chi connectivity index (χ1v) is 8.37. The lowest BCUT2D eigenvalue weighted by molar-refractivity contribution is -0.137. The molecule has 1 fully saturated rings. The number of halogens is 3. The van der Waals surface area contributed by atoms with Crippen LogP contribution in [0.15, 0.2) is 24.3 Å². The average molecular weight is 397 g/mol. The summed E-state index contributed by atoms with van der Waals surface area (Å²) in [4.78, 5) is 35.6. The Kier molecular flexibility index (Phi) is 7.26. The molecular weight excluding hydrogens is 379 g/mol. The predicted molar refractivity (Wildman–Crippen MR) is 92.1 cm³/mol. The maximum atomic E-state index is 12.6. The third-order valence-corrected chi connectivity index (χ3v) is 3.72. The van der Waals surface area contributed by atoms with Crippen LogP contribution in [0, 0.1) is 11.8 Å². The Labute approximate surface area is 159 Å². The Morgan fingerprint density at radius 2 is 2.07 bits per heavy atom. The fraction of sp³-hybridized carbons (Fsp3) is 0.389. The van der Waals surface area contributed by atoms with Crippen molar-refractivity contribution in [1.82, 2.24) is 15.5 Å². The molecule has 7 nitrogen and oxygen atoms in total. The van der Waals surface area contributed by atoms with Crippen LogP contribution in [0.5, 0.6) is 5.75 Å². The maximum absolute atomic E-state index is 12.6. The maximum Gasteiger partial charge on any atom is 0.416 e. The quantitative estimate of drug-likeness (QED) is 0.713. The van der Waals surface area contributed by atoms with Crippen molar-refractivity contribution in [2.45, 2.75) is 19.0 Å². The number of carbonyl (C=O) groups is 3. The highest BCUT2D eigenvalue weighted by Gasteiger charge is 2.30. The predicted octanol–water partition coefficient (Wildman–Crippen LogP) is 1.54. The highest BCUT2D eigenvalue weighted by atomic mass is 19.4. The lowest BCUT2D eigenvalue weighted by atomic mass is 10.2. The number of carbonyl (C=O) groups excluding carboxylic acids is 3. The molecule has 0 saturated carbocycles. The van der Waals surface area contributed by atoms with E-state index >= 15 is 0 Å². The van der Waals surface area contributed by atoms with Crippen LogP contribution in [0.4, 0.5) is 18.0 Å².